The maximum atomic E-state index is 12.5. The fourth-order valence-corrected chi connectivity index (χ4v) is 2.83. The van der Waals surface area contributed by atoms with Crippen molar-refractivity contribution in [2.75, 3.05) is 18.8 Å². The first-order valence-electron chi connectivity index (χ1n) is 8.22. The van der Waals surface area contributed by atoms with Crippen LogP contribution in [0.25, 0.3) is 0 Å². The molecule has 25 heavy (non-hydrogen) atoms. The summed E-state index contributed by atoms with van der Waals surface area (Å²) in [5.74, 6) is -0.333. The minimum absolute atomic E-state index is 0.0679. The van der Waals surface area contributed by atoms with Gasteiger partial charge in [-0.2, -0.15) is 0 Å². The van der Waals surface area contributed by atoms with Crippen molar-refractivity contribution < 1.29 is 14.3 Å². The third kappa shape index (κ3) is 5.84. The van der Waals surface area contributed by atoms with E-state index in [0.717, 1.165) is 19.3 Å². The zero-order chi connectivity index (χ0) is 18.6. The Morgan fingerprint density at radius 3 is 2.80 bits per heavy atom. The molecule has 0 aromatic carbocycles. The summed E-state index contributed by atoms with van der Waals surface area (Å²) >= 11 is 3.18. The fourth-order valence-electron chi connectivity index (χ4n) is 2.55. The number of hydrogen-bond acceptors (Lipinski definition) is 6. The monoisotopic (exact) mass is 413 g/mol. The van der Waals surface area contributed by atoms with E-state index in [2.05, 4.69) is 31.2 Å². The lowest BCUT2D eigenvalue weighted by Gasteiger charge is -2.28. The Morgan fingerprint density at radius 1 is 1.40 bits per heavy atom. The molecule has 138 valence electrons. The van der Waals surface area contributed by atoms with Gasteiger partial charge in [0.25, 0.3) is 5.91 Å². The molecular weight excluding hydrogens is 390 g/mol. The predicted molar refractivity (Wildman–Crippen MR) is 97.1 cm³/mol. The van der Waals surface area contributed by atoms with E-state index in [9.17, 15) is 9.59 Å². The lowest BCUT2D eigenvalue weighted by atomic mass is 10.1. The molecule has 0 saturated carbocycles. The van der Waals surface area contributed by atoms with Crippen LogP contribution in [-0.4, -0.2) is 51.6 Å². The molecule has 3 N–H and O–H groups in total. The number of hydrogen-bond donors (Lipinski definition) is 2. The minimum Gasteiger partial charge on any atom is -0.444 e. The Labute approximate surface area is 155 Å². The molecule has 0 unspecified atom stereocenters. The topological polar surface area (TPSA) is 110 Å². The number of anilines is 1. The molecule has 0 spiro atoms. The van der Waals surface area contributed by atoms with Crippen LogP contribution in [0.15, 0.2) is 10.8 Å². The summed E-state index contributed by atoms with van der Waals surface area (Å²) < 4.78 is 5.86. The molecule has 0 aliphatic carbocycles. The highest BCUT2D eigenvalue weighted by Gasteiger charge is 2.28. The maximum absolute atomic E-state index is 12.5. The molecule has 0 radical (unpaired) electrons. The number of amides is 2. The number of ether oxygens (including phenoxy) is 1. The Kier molecular flexibility index (Phi) is 6.21. The lowest BCUT2D eigenvalue weighted by Crippen LogP contribution is -2.46. The molecular formula is C16H24BrN5O3. The van der Waals surface area contributed by atoms with Gasteiger partial charge in [0.15, 0.2) is 11.5 Å². The molecule has 1 fully saturated rings. The van der Waals surface area contributed by atoms with Crippen LogP contribution in [0.4, 0.5) is 10.6 Å². The number of carbonyl (C=O) groups is 2. The summed E-state index contributed by atoms with van der Waals surface area (Å²) in [6, 6.07) is -0.192. The van der Waals surface area contributed by atoms with E-state index in [1.807, 2.05) is 20.8 Å². The van der Waals surface area contributed by atoms with Crippen LogP contribution in [0.1, 0.15) is 50.5 Å². The van der Waals surface area contributed by atoms with Crippen LogP contribution in [0.5, 0.6) is 0 Å². The van der Waals surface area contributed by atoms with Gasteiger partial charge in [-0.3, -0.25) is 4.79 Å². The zero-order valence-corrected chi connectivity index (χ0v) is 16.3. The number of aromatic nitrogens is 2. The number of nitrogens with one attached hydrogen (secondary N) is 1. The third-order valence-corrected chi connectivity index (χ3v) is 4.03. The summed E-state index contributed by atoms with van der Waals surface area (Å²) in [5, 5.41) is 2.90. The van der Waals surface area contributed by atoms with Crippen LogP contribution in [0, 0.1) is 0 Å². The lowest BCUT2D eigenvalue weighted by molar-refractivity contribution is 0.0242. The van der Waals surface area contributed by atoms with Crippen molar-refractivity contribution >= 4 is 33.7 Å². The van der Waals surface area contributed by atoms with Gasteiger partial charge in [0.2, 0.25) is 0 Å². The fraction of sp³-hybridized carbons (Fsp3) is 0.625. The standard InChI is InChI=1S/C16H24BrN5O3/c1-16(2,3)25-15(24)22-7-5-4-6-10(9-22)20-14(23)12-13(18)19-8-11(17)21-12/h8,10H,4-7,9H2,1-3H3,(H2,18,19)(H,20,23)/t10-/m0/s1. The molecule has 8 nitrogen and oxygen atoms in total. The quantitative estimate of drug-likeness (QED) is 0.769. The molecule has 0 bridgehead atoms. The number of nitrogens with two attached hydrogens (primary N) is 1. The summed E-state index contributed by atoms with van der Waals surface area (Å²) in [6.45, 7) is 6.49. The van der Waals surface area contributed by atoms with Crippen molar-refractivity contribution in [2.45, 2.75) is 51.7 Å². The molecule has 1 aliphatic heterocycles. The normalized spacial score (nSPS) is 18.4. The van der Waals surface area contributed by atoms with Gasteiger partial charge < -0.3 is 20.7 Å². The van der Waals surface area contributed by atoms with Crippen LogP contribution in [0.3, 0.4) is 0 Å². The van der Waals surface area contributed by atoms with E-state index in [1.165, 1.54) is 6.20 Å². The molecule has 9 heteroatoms. The van der Waals surface area contributed by atoms with Crippen molar-refractivity contribution in [3.05, 3.63) is 16.5 Å². The minimum atomic E-state index is -0.553. The number of nitrogen functional groups attached to an aromatic ring is 1. The summed E-state index contributed by atoms with van der Waals surface area (Å²) in [7, 11) is 0. The van der Waals surface area contributed by atoms with Gasteiger partial charge >= 0.3 is 6.09 Å². The van der Waals surface area contributed by atoms with Gasteiger partial charge in [0.05, 0.1) is 6.20 Å². The Bertz CT molecular complexity index is 647. The van der Waals surface area contributed by atoms with E-state index in [1.54, 1.807) is 4.90 Å². The summed E-state index contributed by atoms with van der Waals surface area (Å²) in [6.07, 6.45) is 3.61. The van der Waals surface area contributed by atoms with Gasteiger partial charge in [-0.25, -0.2) is 14.8 Å². The molecule has 2 amide bonds. The van der Waals surface area contributed by atoms with Crippen molar-refractivity contribution in [3.8, 4) is 0 Å². The molecule has 1 aromatic rings. The van der Waals surface area contributed by atoms with Gasteiger partial charge in [0.1, 0.15) is 10.2 Å². The molecule has 2 heterocycles. The molecule has 1 aliphatic rings. The number of rotatable bonds is 2. The Balaban J connectivity index is 2.04. The van der Waals surface area contributed by atoms with Crippen LogP contribution in [-0.2, 0) is 4.74 Å². The van der Waals surface area contributed by atoms with Gasteiger partial charge in [-0.1, -0.05) is 0 Å². The Hall–Kier alpha value is -1.90. The average Bonchev–Trinajstić information content (AvgIpc) is 2.73. The van der Waals surface area contributed by atoms with Crippen molar-refractivity contribution in [2.24, 2.45) is 0 Å². The molecule has 1 aromatic heterocycles. The number of likely N-dealkylation sites (tertiary alicyclic amines) is 1. The first kappa shape index (κ1) is 19.4. The van der Waals surface area contributed by atoms with Crippen LogP contribution >= 0.6 is 15.9 Å². The smallest absolute Gasteiger partial charge is 0.410 e. The predicted octanol–water partition coefficient (Wildman–Crippen LogP) is 2.34. The molecule has 1 atom stereocenters. The van der Waals surface area contributed by atoms with E-state index in [0.29, 0.717) is 17.7 Å². The second-order valence-electron chi connectivity index (χ2n) is 7.02. The summed E-state index contributed by atoms with van der Waals surface area (Å²) in [4.78, 5) is 34.4. The van der Waals surface area contributed by atoms with E-state index < -0.39 is 11.5 Å². The summed E-state index contributed by atoms with van der Waals surface area (Å²) in [5.41, 5.74) is 5.25. The van der Waals surface area contributed by atoms with E-state index >= 15 is 0 Å². The first-order valence-corrected chi connectivity index (χ1v) is 9.02. The largest absolute Gasteiger partial charge is 0.444 e. The highest BCUT2D eigenvalue weighted by atomic mass is 79.9. The second-order valence-corrected chi connectivity index (χ2v) is 7.83. The van der Waals surface area contributed by atoms with Crippen LogP contribution in [0.2, 0.25) is 0 Å². The van der Waals surface area contributed by atoms with Crippen molar-refractivity contribution in [1.82, 2.24) is 20.2 Å². The van der Waals surface area contributed by atoms with Gasteiger partial charge in [0, 0.05) is 19.1 Å². The van der Waals surface area contributed by atoms with Crippen molar-refractivity contribution in [3.63, 3.8) is 0 Å². The first-order chi connectivity index (χ1) is 11.7. The van der Waals surface area contributed by atoms with Gasteiger partial charge in [-0.15, -0.1) is 0 Å². The number of nitrogens with zero attached hydrogens (tertiary/aromatic N) is 3. The molecule has 2 rings (SSSR count). The van der Waals surface area contributed by atoms with Gasteiger partial charge in [-0.05, 0) is 56.0 Å². The third-order valence-electron chi connectivity index (χ3n) is 3.64. The SMILES string of the molecule is CC(C)(C)OC(=O)N1CCCC[C@H](NC(=O)c2nc(Br)cnc2N)C1. The highest BCUT2D eigenvalue weighted by Crippen LogP contribution is 2.17. The number of halogens is 1. The Morgan fingerprint density at radius 2 is 2.12 bits per heavy atom. The average molecular weight is 414 g/mol. The van der Waals surface area contributed by atoms with Crippen molar-refractivity contribution in [1.29, 1.82) is 0 Å². The second kappa shape index (κ2) is 7.99. The molecule has 1 saturated heterocycles. The van der Waals surface area contributed by atoms with E-state index in [-0.39, 0.29) is 23.6 Å². The highest BCUT2D eigenvalue weighted by molar-refractivity contribution is 9.10. The van der Waals surface area contributed by atoms with E-state index in [4.69, 9.17) is 10.5 Å². The van der Waals surface area contributed by atoms with Crippen LogP contribution < -0.4 is 11.1 Å². The number of carbonyl (C=O) groups excluding carboxylic acids is 2. The maximum Gasteiger partial charge on any atom is 0.410 e. The zero-order valence-electron chi connectivity index (χ0n) is 14.7.